The second-order valence-corrected chi connectivity index (χ2v) is 6.22. The molecule has 1 N–H and O–H groups in total. The summed E-state index contributed by atoms with van der Waals surface area (Å²) in [6, 6.07) is 9.66. The highest BCUT2D eigenvalue weighted by Gasteiger charge is 2.29. The average molecular weight is 367 g/mol. The van der Waals surface area contributed by atoms with Gasteiger partial charge in [0.15, 0.2) is 0 Å². The number of benzene rings is 1. The number of nitrogens with zero attached hydrogens (tertiary/aromatic N) is 4. The first-order chi connectivity index (χ1) is 13.2. The molecule has 7 nitrogen and oxygen atoms in total. The van der Waals surface area contributed by atoms with Crippen molar-refractivity contribution in [2.45, 2.75) is 19.4 Å². The van der Waals surface area contributed by atoms with Crippen molar-refractivity contribution in [3.8, 4) is 22.8 Å². The molecule has 1 aliphatic heterocycles. The largest absolute Gasteiger partial charge is 0.353 e. The van der Waals surface area contributed by atoms with Crippen LogP contribution in [0.15, 0.2) is 47.1 Å². The number of halogens is 1. The number of carbonyl (C=O) groups excluding carboxylic acids is 1. The number of hydrogen-bond acceptors (Lipinski definition) is 6. The Labute approximate surface area is 155 Å². The number of carbonyl (C=O) groups is 1. The molecule has 1 saturated heterocycles. The second-order valence-electron chi connectivity index (χ2n) is 6.22. The van der Waals surface area contributed by atoms with Crippen molar-refractivity contribution in [2.24, 2.45) is 0 Å². The lowest BCUT2D eigenvalue weighted by atomic mass is 10.1. The van der Waals surface area contributed by atoms with Gasteiger partial charge in [-0.3, -0.25) is 4.79 Å². The second kappa shape index (κ2) is 7.14. The first-order valence-electron chi connectivity index (χ1n) is 8.76. The van der Waals surface area contributed by atoms with E-state index in [1.807, 2.05) is 17.9 Å². The molecule has 0 saturated carbocycles. The smallest absolute Gasteiger partial charge is 0.259 e. The Hall–Kier alpha value is -3.29. The van der Waals surface area contributed by atoms with E-state index in [2.05, 4.69) is 20.4 Å². The standard InChI is InChI=1S/C19H18FN5O2/c1-2-15-18(26)21-9-10-25(15)16-8-7-12(11-22-16)19-23-17(24-27-19)13-5-3-4-6-14(13)20/h3-8,11,15H,2,9-10H2,1H3,(H,21,26). The molecule has 8 heteroatoms. The minimum Gasteiger partial charge on any atom is -0.353 e. The lowest BCUT2D eigenvalue weighted by Gasteiger charge is -2.35. The SMILES string of the molecule is CCC1C(=O)NCCN1c1ccc(-c2nc(-c3ccccc3F)no2)cn1. The summed E-state index contributed by atoms with van der Waals surface area (Å²) in [4.78, 5) is 22.7. The van der Waals surface area contributed by atoms with Gasteiger partial charge >= 0.3 is 0 Å². The zero-order valence-corrected chi connectivity index (χ0v) is 14.7. The van der Waals surface area contributed by atoms with Crippen molar-refractivity contribution in [1.82, 2.24) is 20.4 Å². The van der Waals surface area contributed by atoms with E-state index >= 15 is 0 Å². The topological polar surface area (TPSA) is 84.2 Å². The molecule has 3 aromatic rings. The molecule has 0 radical (unpaired) electrons. The number of nitrogens with one attached hydrogen (secondary N) is 1. The minimum absolute atomic E-state index is 0.0149. The summed E-state index contributed by atoms with van der Waals surface area (Å²) < 4.78 is 19.1. The van der Waals surface area contributed by atoms with E-state index in [4.69, 9.17) is 4.52 Å². The summed E-state index contributed by atoms with van der Waals surface area (Å²) in [6.07, 6.45) is 2.32. The lowest BCUT2D eigenvalue weighted by Crippen LogP contribution is -2.55. The maximum Gasteiger partial charge on any atom is 0.259 e. The fraction of sp³-hybridized carbons (Fsp3) is 0.263. The number of aromatic nitrogens is 3. The molecule has 138 valence electrons. The van der Waals surface area contributed by atoms with E-state index in [1.165, 1.54) is 6.07 Å². The summed E-state index contributed by atoms with van der Waals surface area (Å²) >= 11 is 0. The van der Waals surface area contributed by atoms with E-state index in [9.17, 15) is 9.18 Å². The van der Waals surface area contributed by atoms with Gasteiger partial charge in [0.1, 0.15) is 17.7 Å². The van der Waals surface area contributed by atoms with Crippen molar-refractivity contribution in [3.05, 3.63) is 48.4 Å². The summed E-state index contributed by atoms with van der Waals surface area (Å²) in [5.41, 5.74) is 0.908. The Kier molecular flexibility index (Phi) is 4.53. The molecule has 3 heterocycles. The van der Waals surface area contributed by atoms with Crippen molar-refractivity contribution in [2.75, 3.05) is 18.0 Å². The molecular weight excluding hydrogens is 349 g/mol. The highest BCUT2D eigenvalue weighted by atomic mass is 19.1. The van der Waals surface area contributed by atoms with Crippen molar-refractivity contribution < 1.29 is 13.7 Å². The maximum atomic E-state index is 13.9. The first kappa shape index (κ1) is 17.1. The molecule has 4 rings (SSSR count). The average Bonchev–Trinajstić information content (AvgIpc) is 3.18. The minimum atomic E-state index is -0.410. The summed E-state index contributed by atoms with van der Waals surface area (Å²) in [5, 5.41) is 6.72. The molecule has 1 fully saturated rings. The van der Waals surface area contributed by atoms with Gasteiger partial charge < -0.3 is 14.7 Å². The number of anilines is 1. The van der Waals surface area contributed by atoms with Crippen LogP contribution in [0.5, 0.6) is 0 Å². The van der Waals surface area contributed by atoms with Gasteiger partial charge in [0.25, 0.3) is 5.89 Å². The number of rotatable bonds is 4. The van der Waals surface area contributed by atoms with E-state index < -0.39 is 5.82 Å². The fourth-order valence-electron chi connectivity index (χ4n) is 3.17. The van der Waals surface area contributed by atoms with Crippen LogP contribution in [0, 0.1) is 5.82 Å². The normalized spacial score (nSPS) is 17.0. The molecule has 1 unspecified atom stereocenters. The van der Waals surface area contributed by atoms with Crippen molar-refractivity contribution in [1.29, 1.82) is 0 Å². The van der Waals surface area contributed by atoms with Gasteiger partial charge in [-0.15, -0.1) is 0 Å². The number of piperazine rings is 1. The Balaban J connectivity index is 1.58. The van der Waals surface area contributed by atoms with Crippen LogP contribution in [0.3, 0.4) is 0 Å². The summed E-state index contributed by atoms with van der Waals surface area (Å²) in [5.74, 6) is 0.768. The van der Waals surface area contributed by atoms with Crippen LogP contribution in [-0.2, 0) is 4.79 Å². The van der Waals surface area contributed by atoms with Gasteiger partial charge in [-0.1, -0.05) is 24.2 Å². The third-order valence-corrected chi connectivity index (χ3v) is 4.55. The molecule has 2 aromatic heterocycles. The van der Waals surface area contributed by atoms with Gasteiger partial charge in [-0.25, -0.2) is 9.37 Å². The van der Waals surface area contributed by atoms with E-state index in [1.54, 1.807) is 30.5 Å². The third kappa shape index (κ3) is 3.25. The van der Waals surface area contributed by atoms with Crippen molar-refractivity contribution >= 4 is 11.7 Å². The van der Waals surface area contributed by atoms with E-state index in [0.29, 0.717) is 30.9 Å². The molecular formula is C19H18FN5O2. The molecule has 0 spiro atoms. The van der Waals surface area contributed by atoms with E-state index in [0.717, 1.165) is 0 Å². The molecule has 0 aliphatic carbocycles. The van der Waals surface area contributed by atoms with Crippen LogP contribution in [-0.4, -0.2) is 40.2 Å². The van der Waals surface area contributed by atoms with Gasteiger partial charge in [-0.05, 0) is 30.7 Å². The number of hydrogen-bond donors (Lipinski definition) is 1. The summed E-state index contributed by atoms with van der Waals surface area (Å²) in [7, 11) is 0. The quantitative estimate of drug-likeness (QED) is 0.763. The zero-order valence-electron chi connectivity index (χ0n) is 14.7. The van der Waals surface area contributed by atoms with Crippen LogP contribution in [0.1, 0.15) is 13.3 Å². The van der Waals surface area contributed by atoms with Crippen LogP contribution in [0.25, 0.3) is 22.8 Å². The van der Waals surface area contributed by atoms with Gasteiger partial charge in [0.2, 0.25) is 11.7 Å². The highest BCUT2D eigenvalue weighted by Crippen LogP contribution is 2.25. The van der Waals surface area contributed by atoms with Gasteiger partial charge in [0, 0.05) is 19.3 Å². The molecule has 1 atom stereocenters. The Morgan fingerprint density at radius 2 is 2.15 bits per heavy atom. The monoisotopic (exact) mass is 367 g/mol. The predicted molar refractivity (Wildman–Crippen MR) is 97.4 cm³/mol. The van der Waals surface area contributed by atoms with Crippen LogP contribution < -0.4 is 10.2 Å². The Morgan fingerprint density at radius 3 is 2.89 bits per heavy atom. The predicted octanol–water partition coefficient (Wildman–Crippen LogP) is 2.65. The maximum absolute atomic E-state index is 13.9. The zero-order chi connectivity index (χ0) is 18.8. The lowest BCUT2D eigenvalue weighted by molar-refractivity contribution is -0.123. The van der Waals surface area contributed by atoms with Gasteiger partial charge in [0.05, 0.1) is 11.1 Å². The van der Waals surface area contributed by atoms with Crippen LogP contribution in [0.4, 0.5) is 10.2 Å². The Bertz CT molecular complexity index is 957. The molecule has 27 heavy (non-hydrogen) atoms. The first-order valence-corrected chi connectivity index (χ1v) is 8.76. The number of pyridine rings is 1. The Morgan fingerprint density at radius 1 is 1.30 bits per heavy atom. The molecule has 1 aromatic carbocycles. The van der Waals surface area contributed by atoms with Crippen LogP contribution >= 0.6 is 0 Å². The van der Waals surface area contributed by atoms with Crippen LogP contribution in [0.2, 0.25) is 0 Å². The summed E-state index contributed by atoms with van der Waals surface area (Å²) in [6.45, 7) is 3.27. The van der Waals surface area contributed by atoms with Gasteiger partial charge in [-0.2, -0.15) is 4.98 Å². The number of amides is 1. The highest BCUT2D eigenvalue weighted by molar-refractivity contribution is 5.86. The molecule has 0 bridgehead atoms. The molecule has 1 amide bonds. The molecule has 1 aliphatic rings. The van der Waals surface area contributed by atoms with Crippen molar-refractivity contribution in [3.63, 3.8) is 0 Å². The third-order valence-electron chi connectivity index (χ3n) is 4.55. The fourth-order valence-corrected chi connectivity index (χ4v) is 3.17. The van der Waals surface area contributed by atoms with E-state index in [-0.39, 0.29) is 29.2 Å².